The average Bonchev–Trinajstić information content (AvgIpc) is 2.87. The summed E-state index contributed by atoms with van der Waals surface area (Å²) in [6.45, 7) is 9.28. The summed E-state index contributed by atoms with van der Waals surface area (Å²) in [6.07, 6.45) is 3.51. The highest BCUT2D eigenvalue weighted by Gasteiger charge is 2.22. The summed E-state index contributed by atoms with van der Waals surface area (Å²) < 4.78 is 0. The minimum atomic E-state index is -0.370. The van der Waals surface area contributed by atoms with Crippen LogP contribution in [0.2, 0.25) is 0 Å². The number of nitrogens with two attached hydrogens (primary N) is 1. The van der Waals surface area contributed by atoms with Crippen molar-refractivity contribution in [3.05, 3.63) is 0 Å². The molecule has 0 spiro atoms. The predicted molar refractivity (Wildman–Crippen MR) is 70.7 cm³/mol. The molecule has 1 fully saturated rings. The zero-order chi connectivity index (χ0) is 12.8. The molecular formula is C13H27N3O. The van der Waals surface area contributed by atoms with Crippen LogP contribution in [-0.2, 0) is 4.79 Å². The molecule has 0 saturated carbocycles. The molecule has 4 heteroatoms. The lowest BCUT2D eigenvalue weighted by atomic mass is 9.99. The lowest BCUT2D eigenvalue weighted by Crippen LogP contribution is -2.48. The van der Waals surface area contributed by atoms with Gasteiger partial charge < -0.3 is 11.1 Å². The summed E-state index contributed by atoms with van der Waals surface area (Å²) in [4.78, 5) is 14.2. The Morgan fingerprint density at radius 3 is 2.47 bits per heavy atom. The van der Waals surface area contributed by atoms with Crippen LogP contribution in [0.15, 0.2) is 0 Å². The van der Waals surface area contributed by atoms with Gasteiger partial charge in [-0.05, 0) is 38.8 Å². The number of rotatable bonds is 6. The van der Waals surface area contributed by atoms with Gasteiger partial charge in [-0.1, -0.05) is 20.3 Å². The second kappa shape index (κ2) is 6.97. The summed E-state index contributed by atoms with van der Waals surface area (Å²) in [6, 6.07) is 0.0522. The van der Waals surface area contributed by atoms with Gasteiger partial charge in [-0.2, -0.15) is 0 Å². The Bertz CT molecular complexity index is 239. The molecular weight excluding hydrogens is 214 g/mol. The lowest BCUT2D eigenvalue weighted by Gasteiger charge is -2.25. The fourth-order valence-electron chi connectivity index (χ4n) is 2.19. The SMILES string of the molecule is CC[C@H](C)[C@H](N)C(=O)NCC(C)N1CCCC1. The maximum atomic E-state index is 11.8. The van der Waals surface area contributed by atoms with E-state index in [4.69, 9.17) is 5.73 Å². The Morgan fingerprint density at radius 1 is 1.35 bits per heavy atom. The Balaban J connectivity index is 2.27. The van der Waals surface area contributed by atoms with E-state index in [2.05, 4.69) is 24.1 Å². The summed E-state index contributed by atoms with van der Waals surface area (Å²) >= 11 is 0. The van der Waals surface area contributed by atoms with Gasteiger partial charge in [-0.25, -0.2) is 0 Å². The molecule has 1 aliphatic rings. The number of hydrogen-bond donors (Lipinski definition) is 2. The Labute approximate surface area is 105 Å². The van der Waals surface area contributed by atoms with Gasteiger partial charge in [-0.3, -0.25) is 9.69 Å². The van der Waals surface area contributed by atoms with E-state index in [1.165, 1.54) is 12.8 Å². The third-order valence-electron chi connectivity index (χ3n) is 3.90. The van der Waals surface area contributed by atoms with Crippen molar-refractivity contribution >= 4 is 5.91 Å². The van der Waals surface area contributed by atoms with Crippen molar-refractivity contribution in [1.29, 1.82) is 0 Å². The maximum absolute atomic E-state index is 11.8. The molecule has 1 unspecified atom stereocenters. The number of likely N-dealkylation sites (tertiary alicyclic amines) is 1. The highest BCUT2D eigenvalue weighted by atomic mass is 16.2. The van der Waals surface area contributed by atoms with E-state index in [-0.39, 0.29) is 17.9 Å². The molecule has 3 N–H and O–H groups in total. The van der Waals surface area contributed by atoms with Crippen LogP contribution < -0.4 is 11.1 Å². The van der Waals surface area contributed by atoms with Gasteiger partial charge in [-0.15, -0.1) is 0 Å². The summed E-state index contributed by atoms with van der Waals surface area (Å²) in [5.74, 6) is 0.238. The largest absolute Gasteiger partial charge is 0.353 e. The lowest BCUT2D eigenvalue weighted by molar-refractivity contribution is -0.123. The number of nitrogens with one attached hydrogen (secondary N) is 1. The zero-order valence-corrected chi connectivity index (χ0v) is 11.4. The van der Waals surface area contributed by atoms with Crippen molar-refractivity contribution < 1.29 is 4.79 Å². The topological polar surface area (TPSA) is 58.4 Å². The third-order valence-corrected chi connectivity index (χ3v) is 3.90. The van der Waals surface area contributed by atoms with Gasteiger partial charge in [0.15, 0.2) is 0 Å². The summed E-state index contributed by atoms with van der Waals surface area (Å²) in [7, 11) is 0. The van der Waals surface area contributed by atoms with Crippen molar-refractivity contribution in [2.75, 3.05) is 19.6 Å². The van der Waals surface area contributed by atoms with E-state index in [1.807, 2.05) is 6.92 Å². The molecule has 3 atom stereocenters. The third kappa shape index (κ3) is 4.28. The number of nitrogens with zero attached hydrogens (tertiary/aromatic N) is 1. The van der Waals surface area contributed by atoms with Crippen LogP contribution in [0.25, 0.3) is 0 Å². The maximum Gasteiger partial charge on any atom is 0.237 e. The fraction of sp³-hybridized carbons (Fsp3) is 0.923. The summed E-state index contributed by atoms with van der Waals surface area (Å²) in [5.41, 5.74) is 5.89. The molecule has 0 aromatic heterocycles. The van der Waals surface area contributed by atoms with Crippen LogP contribution >= 0.6 is 0 Å². The van der Waals surface area contributed by atoms with Crippen LogP contribution in [0, 0.1) is 5.92 Å². The molecule has 0 aromatic rings. The molecule has 1 rings (SSSR count). The van der Waals surface area contributed by atoms with E-state index in [0.717, 1.165) is 19.5 Å². The number of amides is 1. The fourth-order valence-corrected chi connectivity index (χ4v) is 2.19. The molecule has 0 radical (unpaired) electrons. The highest BCUT2D eigenvalue weighted by molar-refractivity contribution is 5.81. The van der Waals surface area contributed by atoms with Crippen LogP contribution in [0.1, 0.15) is 40.0 Å². The first-order valence-corrected chi connectivity index (χ1v) is 6.83. The molecule has 17 heavy (non-hydrogen) atoms. The molecule has 1 saturated heterocycles. The standard InChI is InChI=1S/C13H27N3O/c1-4-10(2)12(14)13(17)15-9-11(3)16-7-5-6-8-16/h10-12H,4-9,14H2,1-3H3,(H,15,17)/t10-,11?,12-/m0/s1. The van der Waals surface area contributed by atoms with Crippen molar-refractivity contribution in [2.45, 2.75) is 52.1 Å². The minimum Gasteiger partial charge on any atom is -0.353 e. The summed E-state index contributed by atoms with van der Waals surface area (Å²) in [5, 5.41) is 2.97. The molecule has 0 aliphatic carbocycles. The average molecular weight is 241 g/mol. The van der Waals surface area contributed by atoms with E-state index < -0.39 is 0 Å². The van der Waals surface area contributed by atoms with Crippen molar-refractivity contribution in [3.8, 4) is 0 Å². The van der Waals surface area contributed by atoms with Crippen molar-refractivity contribution in [3.63, 3.8) is 0 Å². The van der Waals surface area contributed by atoms with E-state index in [9.17, 15) is 4.79 Å². The molecule has 4 nitrogen and oxygen atoms in total. The quantitative estimate of drug-likeness (QED) is 0.728. The molecule has 0 aromatic carbocycles. The normalized spacial score (nSPS) is 22.1. The van der Waals surface area contributed by atoms with Crippen LogP contribution in [0.5, 0.6) is 0 Å². The number of carbonyl (C=O) groups is 1. The van der Waals surface area contributed by atoms with Gasteiger partial charge in [0.25, 0.3) is 0 Å². The first-order valence-electron chi connectivity index (χ1n) is 6.83. The number of carbonyl (C=O) groups excluding carboxylic acids is 1. The first kappa shape index (κ1) is 14.5. The van der Waals surface area contributed by atoms with E-state index in [0.29, 0.717) is 12.6 Å². The first-order chi connectivity index (χ1) is 8.06. The van der Waals surface area contributed by atoms with Crippen LogP contribution in [0.3, 0.4) is 0 Å². The molecule has 1 amide bonds. The van der Waals surface area contributed by atoms with Gasteiger partial charge in [0.2, 0.25) is 5.91 Å². The smallest absolute Gasteiger partial charge is 0.237 e. The van der Waals surface area contributed by atoms with E-state index in [1.54, 1.807) is 0 Å². The van der Waals surface area contributed by atoms with Crippen molar-refractivity contribution in [1.82, 2.24) is 10.2 Å². The van der Waals surface area contributed by atoms with Gasteiger partial charge in [0, 0.05) is 12.6 Å². The van der Waals surface area contributed by atoms with Crippen molar-refractivity contribution in [2.24, 2.45) is 11.7 Å². The Morgan fingerprint density at radius 2 is 1.94 bits per heavy atom. The number of hydrogen-bond acceptors (Lipinski definition) is 3. The Hall–Kier alpha value is -0.610. The van der Waals surface area contributed by atoms with E-state index >= 15 is 0 Å². The zero-order valence-electron chi connectivity index (χ0n) is 11.4. The van der Waals surface area contributed by atoms with Crippen LogP contribution in [0.4, 0.5) is 0 Å². The second-order valence-electron chi connectivity index (χ2n) is 5.25. The van der Waals surface area contributed by atoms with Crippen LogP contribution in [-0.4, -0.2) is 42.5 Å². The van der Waals surface area contributed by atoms with Gasteiger partial charge in [0.1, 0.15) is 0 Å². The molecule has 100 valence electrons. The monoisotopic (exact) mass is 241 g/mol. The molecule has 1 aliphatic heterocycles. The van der Waals surface area contributed by atoms with Gasteiger partial charge >= 0.3 is 0 Å². The Kier molecular flexibility index (Phi) is 5.92. The predicted octanol–water partition coefficient (Wildman–Crippen LogP) is 0.960. The molecule has 1 heterocycles. The van der Waals surface area contributed by atoms with Gasteiger partial charge in [0.05, 0.1) is 6.04 Å². The highest BCUT2D eigenvalue weighted by Crippen LogP contribution is 2.11. The second-order valence-corrected chi connectivity index (χ2v) is 5.25. The molecule has 0 bridgehead atoms. The minimum absolute atomic E-state index is 0.00889.